The number of amides is 1. The lowest BCUT2D eigenvalue weighted by Crippen LogP contribution is -2.23. The quantitative estimate of drug-likeness (QED) is 0.928. The Kier molecular flexibility index (Phi) is 4.73. The van der Waals surface area contributed by atoms with Gasteiger partial charge in [-0.3, -0.25) is 4.79 Å². The summed E-state index contributed by atoms with van der Waals surface area (Å²) in [5.74, 6) is -0.945. The topological polar surface area (TPSA) is 52.9 Å². The van der Waals surface area contributed by atoms with Crippen LogP contribution in [0.2, 0.25) is 0 Å². The number of hydrogen-bond acceptors (Lipinski definition) is 2. The molecule has 1 N–H and O–H groups in total. The van der Waals surface area contributed by atoms with Gasteiger partial charge in [0.25, 0.3) is 0 Å². The number of carbonyl (C=O) groups excluding carboxylic acids is 1. The molecule has 0 aliphatic heterocycles. The standard InChI is InChI=1S/C18H18N2O/c1-13-8-14(2)10-17(9-13)20-18(21)16(12-19)11-15-6-4-3-5-7-15/h3-10,16H,11H2,1-2H3,(H,20,21). The molecule has 0 aliphatic carbocycles. The molecule has 0 bridgehead atoms. The summed E-state index contributed by atoms with van der Waals surface area (Å²) in [6.07, 6.45) is 0.425. The molecular weight excluding hydrogens is 260 g/mol. The first-order valence-electron chi connectivity index (χ1n) is 6.91. The van der Waals surface area contributed by atoms with Crippen LogP contribution in [-0.2, 0) is 11.2 Å². The van der Waals surface area contributed by atoms with E-state index in [4.69, 9.17) is 0 Å². The molecule has 0 spiro atoms. The van der Waals surface area contributed by atoms with Gasteiger partial charge in [-0.1, -0.05) is 36.4 Å². The smallest absolute Gasteiger partial charge is 0.242 e. The van der Waals surface area contributed by atoms with E-state index < -0.39 is 5.92 Å². The van der Waals surface area contributed by atoms with Crippen molar-refractivity contribution in [1.82, 2.24) is 0 Å². The number of carbonyl (C=O) groups is 1. The first-order valence-corrected chi connectivity index (χ1v) is 6.91. The SMILES string of the molecule is Cc1cc(C)cc(NC(=O)C(C#N)Cc2ccccc2)c1. The predicted octanol–water partition coefficient (Wildman–Crippen LogP) is 3.62. The predicted molar refractivity (Wildman–Crippen MR) is 83.8 cm³/mol. The average molecular weight is 278 g/mol. The molecule has 0 aliphatic rings. The molecule has 3 heteroatoms. The summed E-state index contributed by atoms with van der Waals surface area (Å²) in [6.45, 7) is 3.96. The van der Waals surface area contributed by atoms with Crippen molar-refractivity contribution < 1.29 is 4.79 Å². The normalized spacial score (nSPS) is 11.5. The summed E-state index contributed by atoms with van der Waals surface area (Å²) in [5, 5.41) is 12.1. The zero-order valence-electron chi connectivity index (χ0n) is 12.3. The number of nitrogens with one attached hydrogen (secondary N) is 1. The number of anilines is 1. The number of benzene rings is 2. The maximum absolute atomic E-state index is 12.2. The average Bonchev–Trinajstić information content (AvgIpc) is 2.44. The summed E-state index contributed by atoms with van der Waals surface area (Å²) in [5.41, 5.74) is 3.90. The number of nitrogens with zero attached hydrogens (tertiary/aromatic N) is 1. The van der Waals surface area contributed by atoms with Crippen LogP contribution < -0.4 is 5.32 Å². The summed E-state index contributed by atoms with van der Waals surface area (Å²) < 4.78 is 0. The molecule has 2 rings (SSSR count). The van der Waals surface area contributed by atoms with Crippen LogP contribution in [-0.4, -0.2) is 5.91 Å². The van der Waals surface area contributed by atoms with Gasteiger partial charge in [-0.15, -0.1) is 0 Å². The van der Waals surface area contributed by atoms with Gasteiger partial charge >= 0.3 is 0 Å². The molecule has 0 aromatic heterocycles. The third-order valence-corrected chi connectivity index (χ3v) is 3.24. The van der Waals surface area contributed by atoms with Gasteiger partial charge in [0.05, 0.1) is 6.07 Å². The van der Waals surface area contributed by atoms with Crippen LogP contribution in [0.15, 0.2) is 48.5 Å². The first kappa shape index (κ1) is 14.8. The Labute approximate surface area is 125 Å². The Bertz CT molecular complexity index is 651. The maximum Gasteiger partial charge on any atom is 0.242 e. The van der Waals surface area contributed by atoms with Crippen LogP contribution in [0.25, 0.3) is 0 Å². The fourth-order valence-corrected chi connectivity index (χ4v) is 2.32. The van der Waals surface area contributed by atoms with Crippen molar-refractivity contribution in [2.75, 3.05) is 5.32 Å². The van der Waals surface area contributed by atoms with E-state index in [1.807, 2.05) is 62.4 Å². The molecule has 0 saturated carbocycles. The molecule has 0 heterocycles. The van der Waals surface area contributed by atoms with E-state index in [1.165, 1.54) is 0 Å². The van der Waals surface area contributed by atoms with Gasteiger partial charge in [0.15, 0.2) is 0 Å². The fraction of sp³-hybridized carbons (Fsp3) is 0.222. The first-order chi connectivity index (χ1) is 10.1. The van der Waals surface area contributed by atoms with E-state index in [1.54, 1.807) is 0 Å². The highest BCUT2D eigenvalue weighted by Crippen LogP contribution is 2.16. The Morgan fingerprint density at radius 2 is 1.76 bits per heavy atom. The molecule has 21 heavy (non-hydrogen) atoms. The minimum Gasteiger partial charge on any atom is -0.325 e. The van der Waals surface area contributed by atoms with Crippen molar-refractivity contribution >= 4 is 11.6 Å². The van der Waals surface area contributed by atoms with Crippen molar-refractivity contribution in [2.24, 2.45) is 5.92 Å². The Hall–Kier alpha value is -2.60. The second-order valence-corrected chi connectivity index (χ2v) is 5.24. The number of rotatable bonds is 4. The fourth-order valence-electron chi connectivity index (χ4n) is 2.32. The summed E-state index contributed by atoms with van der Waals surface area (Å²) in [4.78, 5) is 12.2. The van der Waals surface area contributed by atoms with Gasteiger partial charge in [-0.25, -0.2) is 0 Å². The molecule has 1 unspecified atom stereocenters. The van der Waals surface area contributed by atoms with Gasteiger partial charge in [0.1, 0.15) is 5.92 Å². The molecule has 1 amide bonds. The summed E-state index contributed by atoms with van der Waals surface area (Å²) in [7, 11) is 0. The van der Waals surface area contributed by atoms with Crippen molar-refractivity contribution in [3.05, 3.63) is 65.2 Å². The van der Waals surface area contributed by atoms with Crippen molar-refractivity contribution in [2.45, 2.75) is 20.3 Å². The van der Waals surface area contributed by atoms with Crippen molar-refractivity contribution in [1.29, 1.82) is 5.26 Å². The largest absolute Gasteiger partial charge is 0.325 e. The van der Waals surface area contributed by atoms with E-state index in [2.05, 4.69) is 11.4 Å². The summed E-state index contributed by atoms with van der Waals surface area (Å²) in [6, 6.07) is 17.5. The molecule has 2 aromatic rings. The molecule has 1 atom stereocenters. The second-order valence-electron chi connectivity index (χ2n) is 5.24. The van der Waals surface area contributed by atoms with E-state index >= 15 is 0 Å². The maximum atomic E-state index is 12.2. The molecule has 0 fully saturated rings. The van der Waals surface area contributed by atoms with Crippen molar-refractivity contribution in [3.8, 4) is 6.07 Å². The minimum absolute atomic E-state index is 0.258. The lowest BCUT2D eigenvalue weighted by atomic mass is 9.99. The highest BCUT2D eigenvalue weighted by Gasteiger charge is 2.18. The number of nitriles is 1. The third-order valence-electron chi connectivity index (χ3n) is 3.24. The Morgan fingerprint density at radius 3 is 2.33 bits per heavy atom. The monoisotopic (exact) mass is 278 g/mol. The van der Waals surface area contributed by atoms with Gasteiger partial charge < -0.3 is 5.32 Å². The third kappa shape index (κ3) is 4.19. The Balaban J connectivity index is 2.08. The highest BCUT2D eigenvalue weighted by atomic mass is 16.1. The lowest BCUT2D eigenvalue weighted by Gasteiger charge is -2.11. The van der Waals surface area contributed by atoms with E-state index in [9.17, 15) is 10.1 Å². The van der Waals surface area contributed by atoms with Crippen LogP contribution in [0.1, 0.15) is 16.7 Å². The zero-order chi connectivity index (χ0) is 15.2. The van der Waals surface area contributed by atoms with Crippen LogP contribution >= 0.6 is 0 Å². The van der Waals surface area contributed by atoms with Crippen molar-refractivity contribution in [3.63, 3.8) is 0 Å². The van der Waals surface area contributed by atoms with E-state index in [0.717, 1.165) is 22.4 Å². The number of aryl methyl sites for hydroxylation is 2. The van der Waals surface area contributed by atoms with E-state index in [-0.39, 0.29) is 5.91 Å². The lowest BCUT2D eigenvalue weighted by molar-refractivity contribution is -0.118. The van der Waals surface area contributed by atoms with Crippen LogP contribution in [0, 0.1) is 31.1 Å². The van der Waals surface area contributed by atoms with Gasteiger partial charge in [-0.2, -0.15) is 5.26 Å². The number of hydrogen-bond donors (Lipinski definition) is 1. The molecule has 106 valence electrons. The van der Waals surface area contributed by atoms with Crippen LogP contribution in [0.4, 0.5) is 5.69 Å². The van der Waals surface area contributed by atoms with Gasteiger partial charge in [-0.05, 0) is 49.1 Å². The molecular formula is C18H18N2O. The molecule has 0 saturated heterocycles. The minimum atomic E-state index is -0.687. The molecule has 0 radical (unpaired) electrons. The molecule has 2 aromatic carbocycles. The Morgan fingerprint density at radius 1 is 1.14 bits per heavy atom. The van der Waals surface area contributed by atoms with Crippen LogP contribution in [0.3, 0.4) is 0 Å². The van der Waals surface area contributed by atoms with Gasteiger partial charge in [0, 0.05) is 5.69 Å². The second kappa shape index (κ2) is 6.71. The van der Waals surface area contributed by atoms with E-state index in [0.29, 0.717) is 6.42 Å². The van der Waals surface area contributed by atoms with Gasteiger partial charge in [0.2, 0.25) is 5.91 Å². The zero-order valence-corrected chi connectivity index (χ0v) is 12.3. The highest BCUT2D eigenvalue weighted by molar-refractivity contribution is 5.94. The van der Waals surface area contributed by atoms with Crippen LogP contribution in [0.5, 0.6) is 0 Å². The molecule has 3 nitrogen and oxygen atoms in total. The summed E-state index contributed by atoms with van der Waals surface area (Å²) >= 11 is 0.